The normalized spacial score (nSPS) is 16.8. The highest BCUT2D eigenvalue weighted by molar-refractivity contribution is 7.98. The van der Waals surface area contributed by atoms with E-state index >= 15 is 0 Å². The Kier molecular flexibility index (Phi) is 3.78. The van der Waals surface area contributed by atoms with Gasteiger partial charge in [-0.2, -0.15) is 17.0 Å². The van der Waals surface area contributed by atoms with E-state index in [1.807, 2.05) is 23.9 Å². The smallest absolute Gasteiger partial charge is 0.0627 e. The molecule has 0 atom stereocenters. The van der Waals surface area contributed by atoms with Gasteiger partial charge in [-0.15, -0.1) is 0 Å². The van der Waals surface area contributed by atoms with E-state index in [0.717, 1.165) is 22.9 Å². The molecule has 0 amide bonds. The highest BCUT2D eigenvalue weighted by atomic mass is 35.5. The van der Waals surface area contributed by atoms with Crippen LogP contribution in [0.4, 0.5) is 0 Å². The van der Waals surface area contributed by atoms with Crippen LogP contribution in [0.3, 0.4) is 0 Å². The van der Waals surface area contributed by atoms with Crippen molar-refractivity contribution in [3.05, 3.63) is 34.9 Å². The average molecular weight is 252 g/mol. The first-order valence-corrected chi connectivity index (χ1v) is 6.97. The fraction of sp³-hybridized carbons (Fsp3) is 0.462. The van der Waals surface area contributed by atoms with Crippen LogP contribution in [0.5, 0.6) is 0 Å². The molecule has 0 unspecified atom stereocenters. The van der Waals surface area contributed by atoms with Crippen LogP contribution in [0.15, 0.2) is 24.3 Å². The van der Waals surface area contributed by atoms with Gasteiger partial charge in [0.05, 0.1) is 6.07 Å². The Morgan fingerprint density at radius 1 is 1.31 bits per heavy atom. The van der Waals surface area contributed by atoms with Gasteiger partial charge in [-0.3, -0.25) is 0 Å². The van der Waals surface area contributed by atoms with Crippen molar-refractivity contribution in [2.24, 2.45) is 5.41 Å². The molecule has 3 heteroatoms. The number of hydrogen-bond acceptors (Lipinski definition) is 2. The van der Waals surface area contributed by atoms with E-state index in [-0.39, 0.29) is 0 Å². The van der Waals surface area contributed by atoms with Gasteiger partial charge in [0.2, 0.25) is 0 Å². The second-order valence-electron chi connectivity index (χ2n) is 4.45. The molecule has 0 heterocycles. The van der Waals surface area contributed by atoms with Crippen LogP contribution in [0.25, 0.3) is 0 Å². The summed E-state index contributed by atoms with van der Waals surface area (Å²) in [5.74, 6) is 2.13. The predicted molar refractivity (Wildman–Crippen MR) is 69.5 cm³/mol. The van der Waals surface area contributed by atoms with Gasteiger partial charge >= 0.3 is 0 Å². The van der Waals surface area contributed by atoms with Crippen molar-refractivity contribution < 1.29 is 0 Å². The Labute approximate surface area is 106 Å². The Balaban J connectivity index is 1.76. The van der Waals surface area contributed by atoms with E-state index in [1.54, 1.807) is 0 Å². The number of nitriles is 1. The molecule has 1 fully saturated rings. The lowest BCUT2D eigenvalue weighted by molar-refractivity contribution is 0.604. The fourth-order valence-corrected chi connectivity index (χ4v) is 3.16. The molecule has 0 spiro atoms. The minimum absolute atomic E-state index is 0.353. The molecule has 0 aromatic heterocycles. The van der Waals surface area contributed by atoms with Crippen LogP contribution in [-0.2, 0) is 5.75 Å². The van der Waals surface area contributed by atoms with Gasteiger partial charge in [-0.1, -0.05) is 23.7 Å². The number of rotatable bonds is 5. The Morgan fingerprint density at radius 2 is 2.00 bits per heavy atom. The lowest BCUT2D eigenvalue weighted by Crippen LogP contribution is -2.02. The SMILES string of the molecule is N#CCC1(CSCc2ccc(Cl)cc2)CC1. The van der Waals surface area contributed by atoms with E-state index < -0.39 is 0 Å². The minimum atomic E-state index is 0.353. The average Bonchev–Trinajstić information content (AvgIpc) is 3.02. The van der Waals surface area contributed by atoms with Gasteiger partial charge in [-0.25, -0.2) is 0 Å². The molecule has 84 valence electrons. The maximum atomic E-state index is 8.71. The number of hydrogen-bond donors (Lipinski definition) is 0. The summed E-state index contributed by atoms with van der Waals surface area (Å²) in [5, 5.41) is 9.50. The van der Waals surface area contributed by atoms with Crippen LogP contribution in [-0.4, -0.2) is 5.75 Å². The van der Waals surface area contributed by atoms with Gasteiger partial charge in [-0.05, 0) is 36.0 Å². The second-order valence-corrected chi connectivity index (χ2v) is 5.88. The highest BCUT2D eigenvalue weighted by Crippen LogP contribution is 2.51. The summed E-state index contributed by atoms with van der Waals surface area (Å²) in [6.07, 6.45) is 3.18. The number of nitrogens with zero attached hydrogens (tertiary/aromatic N) is 1. The van der Waals surface area contributed by atoms with Crippen molar-refractivity contribution in [1.82, 2.24) is 0 Å². The summed E-state index contributed by atoms with van der Waals surface area (Å²) in [6, 6.07) is 10.3. The largest absolute Gasteiger partial charge is 0.198 e. The standard InChI is InChI=1S/C13H14ClNS/c14-12-3-1-11(2-4-12)9-16-10-13(5-6-13)7-8-15/h1-4H,5-7,9-10H2. The van der Waals surface area contributed by atoms with Gasteiger partial charge < -0.3 is 0 Å². The summed E-state index contributed by atoms with van der Waals surface area (Å²) in [4.78, 5) is 0. The van der Waals surface area contributed by atoms with Crippen molar-refractivity contribution >= 4 is 23.4 Å². The van der Waals surface area contributed by atoms with E-state index in [1.165, 1.54) is 18.4 Å². The molecule has 2 rings (SSSR count). The molecule has 1 nitrogen and oxygen atoms in total. The third-order valence-electron chi connectivity index (χ3n) is 3.00. The van der Waals surface area contributed by atoms with Crippen LogP contribution < -0.4 is 0 Å². The zero-order valence-electron chi connectivity index (χ0n) is 9.08. The molecular weight excluding hydrogens is 238 g/mol. The third-order valence-corrected chi connectivity index (χ3v) is 4.61. The molecule has 0 saturated heterocycles. The van der Waals surface area contributed by atoms with Crippen molar-refractivity contribution in [3.63, 3.8) is 0 Å². The quantitative estimate of drug-likeness (QED) is 0.781. The van der Waals surface area contributed by atoms with Crippen LogP contribution in [0.2, 0.25) is 5.02 Å². The van der Waals surface area contributed by atoms with Crippen molar-refractivity contribution in [2.45, 2.75) is 25.0 Å². The lowest BCUT2D eigenvalue weighted by Gasteiger charge is -2.09. The maximum absolute atomic E-state index is 8.71. The first-order valence-electron chi connectivity index (χ1n) is 5.43. The molecule has 1 aliphatic carbocycles. The lowest BCUT2D eigenvalue weighted by atomic mass is 10.1. The monoisotopic (exact) mass is 251 g/mol. The fourth-order valence-electron chi connectivity index (χ4n) is 1.68. The van der Waals surface area contributed by atoms with E-state index in [4.69, 9.17) is 16.9 Å². The molecule has 1 aromatic carbocycles. The molecule has 0 N–H and O–H groups in total. The molecule has 0 radical (unpaired) electrons. The first kappa shape index (κ1) is 11.8. The number of thioether (sulfide) groups is 1. The predicted octanol–water partition coefficient (Wildman–Crippen LogP) is 4.27. The number of benzene rings is 1. The molecule has 0 aliphatic heterocycles. The van der Waals surface area contributed by atoms with Gasteiger partial charge in [0.1, 0.15) is 0 Å². The molecule has 1 aliphatic rings. The van der Waals surface area contributed by atoms with E-state index in [0.29, 0.717) is 5.41 Å². The van der Waals surface area contributed by atoms with E-state index in [2.05, 4.69) is 18.2 Å². The van der Waals surface area contributed by atoms with E-state index in [9.17, 15) is 0 Å². The summed E-state index contributed by atoms with van der Waals surface area (Å²) in [7, 11) is 0. The van der Waals surface area contributed by atoms with Gasteiger partial charge in [0, 0.05) is 22.9 Å². The number of halogens is 1. The Hall–Kier alpha value is -0.650. The van der Waals surface area contributed by atoms with Gasteiger partial charge in [0.15, 0.2) is 0 Å². The van der Waals surface area contributed by atoms with Crippen molar-refractivity contribution in [1.29, 1.82) is 5.26 Å². The van der Waals surface area contributed by atoms with Crippen LogP contribution >= 0.6 is 23.4 Å². The second kappa shape index (κ2) is 5.12. The summed E-state index contributed by atoms with van der Waals surface area (Å²) in [6.45, 7) is 0. The zero-order chi connectivity index (χ0) is 11.4. The van der Waals surface area contributed by atoms with Crippen molar-refractivity contribution in [3.8, 4) is 6.07 Å². The van der Waals surface area contributed by atoms with Crippen LogP contribution in [0.1, 0.15) is 24.8 Å². The highest BCUT2D eigenvalue weighted by Gasteiger charge is 2.41. The van der Waals surface area contributed by atoms with Crippen molar-refractivity contribution in [2.75, 3.05) is 5.75 Å². The first-order chi connectivity index (χ1) is 7.74. The minimum Gasteiger partial charge on any atom is -0.198 e. The van der Waals surface area contributed by atoms with Gasteiger partial charge in [0.25, 0.3) is 0 Å². The maximum Gasteiger partial charge on any atom is 0.0627 e. The summed E-state index contributed by atoms with van der Waals surface area (Å²) in [5.41, 5.74) is 1.66. The summed E-state index contributed by atoms with van der Waals surface area (Å²) < 4.78 is 0. The molecule has 0 bridgehead atoms. The molecule has 1 saturated carbocycles. The molecule has 1 aromatic rings. The third kappa shape index (κ3) is 3.17. The van der Waals surface area contributed by atoms with Crippen LogP contribution in [0, 0.1) is 16.7 Å². The Bertz CT molecular complexity index is 389. The molecular formula is C13H14ClNS. The molecule has 16 heavy (non-hydrogen) atoms. The Morgan fingerprint density at radius 3 is 2.56 bits per heavy atom. The summed E-state index contributed by atoms with van der Waals surface area (Å²) >= 11 is 7.75. The zero-order valence-corrected chi connectivity index (χ0v) is 10.7. The topological polar surface area (TPSA) is 23.8 Å².